The van der Waals surface area contributed by atoms with E-state index in [4.69, 9.17) is 11.6 Å². The van der Waals surface area contributed by atoms with Crippen LogP contribution in [0.15, 0.2) is 18.3 Å². The molecule has 0 atom stereocenters. The second-order valence-corrected chi connectivity index (χ2v) is 5.79. The van der Waals surface area contributed by atoms with Crippen LogP contribution in [0.5, 0.6) is 0 Å². The maximum atomic E-state index is 6.06. The van der Waals surface area contributed by atoms with Gasteiger partial charge in [0.1, 0.15) is 5.82 Å². The van der Waals surface area contributed by atoms with Crippen LogP contribution in [0.4, 0.5) is 5.13 Å². The van der Waals surface area contributed by atoms with Gasteiger partial charge in [0.2, 0.25) is 5.13 Å². The van der Waals surface area contributed by atoms with E-state index in [1.165, 1.54) is 11.5 Å². The number of anilines is 1. The van der Waals surface area contributed by atoms with Crippen molar-refractivity contribution in [2.75, 3.05) is 5.32 Å². The Morgan fingerprint density at radius 2 is 2.25 bits per heavy atom. The molecule has 0 aromatic carbocycles. The Morgan fingerprint density at radius 1 is 1.40 bits per heavy atom. The van der Waals surface area contributed by atoms with Gasteiger partial charge >= 0.3 is 0 Å². The number of pyridine rings is 1. The second-order valence-electron chi connectivity index (χ2n) is 4.63. The quantitative estimate of drug-likeness (QED) is 0.802. The first-order valence-corrected chi connectivity index (χ1v) is 7.36. The van der Waals surface area contributed by atoms with Crippen molar-refractivity contribution in [3.8, 4) is 0 Å². The molecule has 0 aliphatic rings. The Labute approximate surface area is 125 Å². The fourth-order valence-corrected chi connectivity index (χ4v) is 2.65. The molecule has 0 fully saturated rings. The van der Waals surface area contributed by atoms with E-state index in [0.29, 0.717) is 23.1 Å². The predicted molar refractivity (Wildman–Crippen MR) is 79.3 cm³/mol. The predicted octanol–water partition coefficient (Wildman–Crippen LogP) is 2.97. The number of hydrogen-bond acceptors (Lipinski definition) is 6. The summed E-state index contributed by atoms with van der Waals surface area (Å²) in [5.41, 5.74) is 0.658. The standard InChI is InChI=1S/C12H13ClN6S/c1-7(2)10-15-12(20-18-10)14-6-9-16-17-11-8(13)4-3-5-19(9)11/h3-5,7H,6H2,1-2H3,(H,14,15,18). The summed E-state index contributed by atoms with van der Waals surface area (Å²) in [6.45, 7) is 4.66. The zero-order valence-electron chi connectivity index (χ0n) is 11.0. The minimum atomic E-state index is 0.328. The highest BCUT2D eigenvalue weighted by molar-refractivity contribution is 7.09. The number of halogens is 1. The SMILES string of the molecule is CC(C)c1nsc(NCc2nnc3c(Cl)cccn23)n1. The van der Waals surface area contributed by atoms with Gasteiger partial charge in [0.25, 0.3) is 0 Å². The Morgan fingerprint density at radius 3 is 3.00 bits per heavy atom. The van der Waals surface area contributed by atoms with Gasteiger partial charge in [-0.05, 0) is 12.1 Å². The normalized spacial score (nSPS) is 11.4. The molecule has 0 radical (unpaired) electrons. The molecule has 6 nitrogen and oxygen atoms in total. The lowest BCUT2D eigenvalue weighted by molar-refractivity contribution is 0.798. The van der Waals surface area contributed by atoms with Crippen LogP contribution in [-0.2, 0) is 6.54 Å². The van der Waals surface area contributed by atoms with Crippen LogP contribution in [0.3, 0.4) is 0 Å². The third-order valence-electron chi connectivity index (χ3n) is 2.81. The van der Waals surface area contributed by atoms with Crippen LogP contribution in [-0.4, -0.2) is 24.0 Å². The van der Waals surface area contributed by atoms with Crippen molar-refractivity contribution in [2.45, 2.75) is 26.3 Å². The minimum Gasteiger partial charge on any atom is -0.353 e. The van der Waals surface area contributed by atoms with Crippen molar-refractivity contribution in [3.63, 3.8) is 0 Å². The van der Waals surface area contributed by atoms with E-state index in [-0.39, 0.29) is 0 Å². The molecule has 3 rings (SSSR count). The van der Waals surface area contributed by atoms with Gasteiger partial charge in [0.15, 0.2) is 11.5 Å². The second kappa shape index (κ2) is 5.34. The number of rotatable bonds is 4. The van der Waals surface area contributed by atoms with E-state index in [1.54, 1.807) is 6.07 Å². The topological polar surface area (TPSA) is 68.0 Å². The van der Waals surface area contributed by atoms with Gasteiger partial charge in [-0.25, -0.2) is 4.98 Å². The van der Waals surface area contributed by atoms with Gasteiger partial charge < -0.3 is 5.32 Å². The van der Waals surface area contributed by atoms with Gasteiger partial charge in [0, 0.05) is 23.6 Å². The van der Waals surface area contributed by atoms with Crippen molar-refractivity contribution < 1.29 is 0 Å². The molecule has 0 amide bonds. The molecular formula is C12H13ClN6S. The van der Waals surface area contributed by atoms with Crippen LogP contribution in [0, 0.1) is 0 Å². The fraction of sp³-hybridized carbons (Fsp3) is 0.333. The van der Waals surface area contributed by atoms with Crippen molar-refractivity contribution in [2.24, 2.45) is 0 Å². The number of aromatic nitrogens is 5. The Balaban J connectivity index is 1.78. The third-order valence-corrected chi connectivity index (χ3v) is 3.80. The largest absolute Gasteiger partial charge is 0.353 e. The summed E-state index contributed by atoms with van der Waals surface area (Å²) in [5.74, 6) is 1.96. The van der Waals surface area contributed by atoms with Gasteiger partial charge in [-0.15, -0.1) is 10.2 Å². The monoisotopic (exact) mass is 308 g/mol. The highest BCUT2D eigenvalue weighted by atomic mass is 35.5. The molecule has 0 unspecified atom stereocenters. The van der Waals surface area contributed by atoms with E-state index in [9.17, 15) is 0 Å². The summed E-state index contributed by atoms with van der Waals surface area (Å²) in [4.78, 5) is 4.42. The molecular weight excluding hydrogens is 296 g/mol. The van der Waals surface area contributed by atoms with E-state index in [1.807, 2.05) is 16.7 Å². The van der Waals surface area contributed by atoms with Crippen molar-refractivity contribution in [3.05, 3.63) is 35.0 Å². The molecule has 20 heavy (non-hydrogen) atoms. The summed E-state index contributed by atoms with van der Waals surface area (Å²) >= 11 is 7.41. The molecule has 1 N–H and O–H groups in total. The first-order valence-electron chi connectivity index (χ1n) is 6.20. The minimum absolute atomic E-state index is 0.328. The molecule has 3 heterocycles. The molecule has 0 saturated carbocycles. The Kier molecular flexibility index (Phi) is 3.54. The average molecular weight is 309 g/mol. The maximum absolute atomic E-state index is 6.06. The van der Waals surface area contributed by atoms with Crippen molar-refractivity contribution >= 4 is 33.9 Å². The lowest BCUT2D eigenvalue weighted by Crippen LogP contribution is -2.04. The number of nitrogens with one attached hydrogen (secondary N) is 1. The molecule has 3 aromatic rings. The molecule has 0 aliphatic carbocycles. The van der Waals surface area contributed by atoms with Gasteiger partial charge in [-0.1, -0.05) is 25.4 Å². The summed E-state index contributed by atoms with van der Waals surface area (Å²) < 4.78 is 6.16. The van der Waals surface area contributed by atoms with Crippen LogP contribution < -0.4 is 5.32 Å². The van der Waals surface area contributed by atoms with Crippen molar-refractivity contribution in [1.82, 2.24) is 24.0 Å². The summed E-state index contributed by atoms with van der Waals surface area (Å²) in [6, 6.07) is 3.66. The summed E-state index contributed by atoms with van der Waals surface area (Å²) in [6.07, 6.45) is 1.89. The van der Waals surface area contributed by atoms with Gasteiger partial charge in [-0.2, -0.15) is 4.37 Å². The summed E-state index contributed by atoms with van der Waals surface area (Å²) in [7, 11) is 0. The third kappa shape index (κ3) is 2.46. The molecule has 0 bridgehead atoms. The van der Waals surface area contributed by atoms with Crippen LogP contribution in [0.1, 0.15) is 31.4 Å². The molecule has 0 saturated heterocycles. The smallest absolute Gasteiger partial charge is 0.202 e. The Bertz CT molecular complexity index is 734. The van der Waals surface area contributed by atoms with E-state index in [2.05, 4.69) is 38.7 Å². The van der Waals surface area contributed by atoms with E-state index >= 15 is 0 Å². The number of nitrogens with zero attached hydrogens (tertiary/aromatic N) is 5. The lowest BCUT2D eigenvalue weighted by Gasteiger charge is -2.01. The molecule has 0 spiro atoms. The zero-order valence-corrected chi connectivity index (χ0v) is 12.6. The first-order chi connectivity index (χ1) is 9.65. The number of hydrogen-bond donors (Lipinski definition) is 1. The molecule has 8 heteroatoms. The van der Waals surface area contributed by atoms with Gasteiger partial charge in [0.05, 0.1) is 11.6 Å². The maximum Gasteiger partial charge on any atom is 0.202 e. The lowest BCUT2D eigenvalue weighted by atomic mass is 10.2. The molecule has 3 aromatic heterocycles. The average Bonchev–Trinajstić information content (AvgIpc) is 3.03. The first kappa shape index (κ1) is 13.3. The van der Waals surface area contributed by atoms with Crippen LogP contribution >= 0.6 is 23.1 Å². The summed E-state index contributed by atoms with van der Waals surface area (Å²) in [5, 5.41) is 12.8. The van der Waals surface area contributed by atoms with Crippen LogP contribution in [0.2, 0.25) is 5.02 Å². The zero-order chi connectivity index (χ0) is 14.1. The van der Waals surface area contributed by atoms with E-state index < -0.39 is 0 Å². The Hall–Kier alpha value is -1.73. The fourth-order valence-electron chi connectivity index (χ4n) is 1.75. The molecule has 104 valence electrons. The highest BCUT2D eigenvalue weighted by Gasteiger charge is 2.10. The number of fused-ring (bicyclic) bond motifs is 1. The molecule has 0 aliphatic heterocycles. The van der Waals surface area contributed by atoms with Gasteiger partial charge in [-0.3, -0.25) is 4.40 Å². The van der Waals surface area contributed by atoms with Crippen molar-refractivity contribution in [1.29, 1.82) is 0 Å². The van der Waals surface area contributed by atoms with E-state index in [0.717, 1.165) is 16.8 Å². The van der Waals surface area contributed by atoms with Crippen LogP contribution in [0.25, 0.3) is 5.65 Å². The highest BCUT2D eigenvalue weighted by Crippen LogP contribution is 2.19.